The molecule has 1 amide bonds. The molecular weight excluding hydrogens is 284 g/mol. The van der Waals surface area contributed by atoms with Crippen molar-refractivity contribution >= 4 is 22.2 Å². The molecule has 2 heterocycles. The Balaban J connectivity index is 2.06. The third-order valence-electron chi connectivity index (χ3n) is 4.06. The molecule has 6 heteroatoms. The van der Waals surface area contributed by atoms with Gasteiger partial charge in [0.25, 0.3) is 0 Å². The minimum Gasteiger partial charge on any atom is -0.315 e. The van der Waals surface area contributed by atoms with E-state index < -0.39 is 0 Å². The second kappa shape index (κ2) is 6.14. The highest BCUT2D eigenvalue weighted by atomic mass is 32.1. The van der Waals surface area contributed by atoms with Crippen LogP contribution in [0.1, 0.15) is 29.9 Å². The summed E-state index contributed by atoms with van der Waals surface area (Å²) >= 11 is 1.47. The number of nitriles is 1. The Morgan fingerprint density at radius 3 is 2.86 bits per heavy atom. The van der Waals surface area contributed by atoms with Gasteiger partial charge in [-0.2, -0.15) is 5.26 Å². The molecule has 0 unspecified atom stereocenters. The zero-order chi connectivity index (χ0) is 15.6. The van der Waals surface area contributed by atoms with E-state index in [9.17, 15) is 10.1 Å². The molecule has 5 nitrogen and oxygen atoms in total. The SMILES string of the molecule is Cc1sc(NC(=O)CN2CCNCC2(C)C)c(C#N)c1C. The molecule has 114 valence electrons. The number of amides is 1. The van der Waals surface area contributed by atoms with Gasteiger partial charge in [0.1, 0.15) is 11.1 Å². The van der Waals surface area contributed by atoms with Crippen molar-refractivity contribution in [2.45, 2.75) is 33.2 Å². The Labute approximate surface area is 129 Å². The third kappa shape index (κ3) is 3.43. The average Bonchev–Trinajstić information content (AvgIpc) is 2.67. The first-order chi connectivity index (χ1) is 9.85. The number of thiophene rings is 1. The van der Waals surface area contributed by atoms with E-state index in [1.54, 1.807) is 0 Å². The molecule has 0 aliphatic carbocycles. The van der Waals surface area contributed by atoms with E-state index in [2.05, 4.69) is 35.5 Å². The lowest BCUT2D eigenvalue weighted by Gasteiger charge is -2.42. The van der Waals surface area contributed by atoms with Gasteiger partial charge in [0.2, 0.25) is 5.91 Å². The van der Waals surface area contributed by atoms with Crippen LogP contribution in [-0.2, 0) is 4.79 Å². The van der Waals surface area contributed by atoms with Crippen molar-refractivity contribution in [3.05, 3.63) is 16.0 Å². The molecule has 0 bridgehead atoms. The second-order valence-electron chi connectivity index (χ2n) is 6.06. The minimum atomic E-state index is -0.0530. The summed E-state index contributed by atoms with van der Waals surface area (Å²) in [7, 11) is 0. The number of carbonyl (C=O) groups excluding carboxylic acids is 1. The van der Waals surface area contributed by atoms with E-state index in [0.29, 0.717) is 17.1 Å². The summed E-state index contributed by atoms with van der Waals surface area (Å²) in [6.07, 6.45) is 0. The number of nitrogens with one attached hydrogen (secondary N) is 2. The van der Waals surface area contributed by atoms with Gasteiger partial charge in [-0.05, 0) is 33.3 Å². The highest BCUT2D eigenvalue weighted by molar-refractivity contribution is 7.16. The smallest absolute Gasteiger partial charge is 0.239 e. The normalized spacial score (nSPS) is 18.2. The van der Waals surface area contributed by atoms with Crippen molar-refractivity contribution < 1.29 is 4.79 Å². The number of anilines is 1. The molecule has 1 aromatic heterocycles. The number of piperazine rings is 1. The summed E-state index contributed by atoms with van der Waals surface area (Å²) in [5.41, 5.74) is 1.51. The van der Waals surface area contributed by atoms with Crippen molar-refractivity contribution in [2.75, 3.05) is 31.5 Å². The molecule has 0 atom stereocenters. The number of carbonyl (C=O) groups is 1. The fourth-order valence-electron chi connectivity index (χ4n) is 2.50. The number of hydrogen-bond acceptors (Lipinski definition) is 5. The lowest BCUT2D eigenvalue weighted by molar-refractivity contribution is -0.119. The van der Waals surface area contributed by atoms with Crippen LogP contribution >= 0.6 is 11.3 Å². The highest BCUT2D eigenvalue weighted by Gasteiger charge is 2.31. The van der Waals surface area contributed by atoms with Crippen LogP contribution < -0.4 is 10.6 Å². The van der Waals surface area contributed by atoms with Gasteiger partial charge in [-0.1, -0.05) is 0 Å². The van der Waals surface area contributed by atoms with E-state index in [1.165, 1.54) is 11.3 Å². The van der Waals surface area contributed by atoms with Gasteiger partial charge in [0, 0.05) is 30.1 Å². The molecule has 1 fully saturated rings. The van der Waals surface area contributed by atoms with Crippen LogP contribution in [0.5, 0.6) is 0 Å². The van der Waals surface area contributed by atoms with Crippen LogP contribution in [-0.4, -0.2) is 42.5 Å². The number of hydrogen-bond donors (Lipinski definition) is 2. The summed E-state index contributed by atoms with van der Waals surface area (Å²) in [5.74, 6) is -0.0530. The monoisotopic (exact) mass is 306 g/mol. The van der Waals surface area contributed by atoms with Gasteiger partial charge in [-0.15, -0.1) is 11.3 Å². The van der Waals surface area contributed by atoms with E-state index in [-0.39, 0.29) is 11.4 Å². The van der Waals surface area contributed by atoms with Gasteiger partial charge in [0.05, 0.1) is 12.1 Å². The first-order valence-electron chi connectivity index (χ1n) is 7.11. The Morgan fingerprint density at radius 2 is 2.24 bits per heavy atom. The van der Waals surface area contributed by atoms with Crippen molar-refractivity contribution in [1.29, 1.82) is 5.26 Å². The van der Waals surface area contributed by atoms with Crippen molar-refractivity contribution in [1.82, 2.24) is 10.2 Å². The molecule has 1 aliphatic heterocycles. The lowest BCUT2D eigenvalue weighted by Crippen LogP contribution is -2.59. The molecule has 0 spiro atoms. The first kappa shape index (κ1) is 16.0. The Morgan fingerprint density at radius 1 is 1.52 bits per heavy atom. The lowest BCUT2D eigenvalue weighted by atomic mass is 10.0. The van der Waals surface area contributed by atoms with Gasteiger partial charge in [-0.25, -0.2) is 0 Å². The average molecular weight is 306 g/mol. The minimum absolute atomic E-state index is 0.0328. The predicted molar refractivity (Wildman–Crippen MR) is 85.7 cm³/mol. The quantitative estimate of drug-likeness (QED) is 0.894. The highest BCUT2D eigenvalue weighted by Crippen LogP contribution is 2.31. The van der Waals surface area contributed by atoms with Crippen molar-refractivity contribution in [3.8, 4) is 6.07 Å². The maximum Gasteiger partial charge on any atom is 0.239 e. The number of nitrogens with zero attached hydrogens (tertiary/aromatic N) is 2. The second-order valence-corrected chi connectivity index (χ2v) is 7.28. The third-order valence-corrected chi connectivity index (χ3v) is 5.18. The molecule has 0 radical (unpaired) electrons. The van der Waals surface area contributed by atoms with Crippen LogP contribution in [0.25, 0.3) is 0 Å². The van der Waals surface area contributed by atoms with Gasteiger partial charge < -0.3 is 10.6 Å². The number of rotatable bonds is 3. The fraction of sp³-hybridized carbons (Fsp3) is 0.600. The molecule has 1 aliphatic rings. The maximum absolute atomic E-state index is 12.3. The van der Waals surface area contributed by atoms with Crippen LogP contribution in [0.4, 0.5) is 5.00 Å². The van der Waals surface area contributed by atoms with E-state index in [0.717, 1.165) is 30.1 Å². The molecule has 2 N–H and O–H groups in total. The van der Waals surface area contributed by atoms with Gasteiger partial charge >= 0.3 is 0 Å². The molecule has 0 saturated carbocycles. The standard InChI is InChI=1S/C15H22N4OS/c1-10-11(2)21-14(12(10)7-16)18-13(20)8-19-6-5-17-9-15(19,3)4/h17H,5-6,8-9H2,1-4H3,(H,18,20). The number of aryl methyl sites for hydroxylation is 1. The van der Waals surface area contributed by atoms with Crippen LogP contribution in [0.2, 0.25) is 0 Å². The summed E-state index contributed by atoms with van der Waals surface area (Å²) in [5, 5.41) is 16.1. The van der Waals surface area contributed by atoms with Crippen LogP contribution in [0.3, 0.4) is 0 Å². The van der Waals surface area contributed by atoms with E-state index >= 15 is 0 Å². The van der Waals surface area contributed by atoms with Gasteiger partial charge in [-0.3, -0.25) is 9.69 Å². The molecule has 1 saturated heterocycles. The summed E-state index contributed by atoms with van der Waals surface area (Å²) in [4.78, 5) is 15.5. The van der Waals surface area contributed by atoms with Crippen molar-refractivity contribution in [2.24, 2.45) is 0 Å². The van der Waals surface area contributed by atoms with E-state index in [1.807, 2.05) is 13.8 Å². The summed E-state index contributed by atoms with van der Waals surface area (Å²) in [6.45, 7) is 11.1. The Hall–Kier alpha value is -1.42. The Kier molecular flexibility index (Phi) is 4.67. The van der Waals surface area contributed by atoms with E-state index in [4.69, 9.17) is 0 Å². The molecular formula is C15H22N4OS. The zero-order valence-corrected chi connectivity index (χ0v) is 13.9. The zero-order valence-electron chi connectivity index (χ0n) is 13.0. The van der Waals surface area contributed by atoms with Crippen LogP contribution in [0.15, 0.2) is 0 Å². The predicted octanol–water partition coefficient (Wildman–Crippen LogP) is 1.86. The van der Waals surface area contributed by atoms with Gasteiger partial charge in [0.15, 0.2) is 0 Å². The summed E-state index contributed by atoms with van der Waals surface area (Å²) in [6, 6.07) is 2.18. The molecule has 1 aromatic rings. The van der Waals surface area contributed by atoms with Crippen molar-refractivity contribution in [3.63, 3.8) is 0 Å². The fourth-order valence-corrected chi connectivity index (χ4v) is 3.53. The molecule has 0 aromatic carbocycles. The Bertz CT molecular complexity index is 585. The molecule has 2 rings (SSSR count). The first-order valence-corrected chi connectivity index (χ1v) is 7.92. The topological polar surface area (TPSA) is 68.2 Å². The largest absolute Gasteiger partial charge is 0.315 e. The van der Waals surface area contributed by atoms with Crippen LogP contribution in [0, 0.1) is 25.2 Å². The maximum atomic E-state index is 12.3. The molecule has 21 heavy (non-hydrogen) atoms. The summed E-state index contributed by atoms with van der Waals surface area (Å²) < 4.78 is 0.